The van der Waals surface area contributed by atoms with Gasteiger partial charge in [-0.1, -0.05) is 16.9 Å². The van der Waals surface area contributed by atoms with Gasteiger partial charge in [-0.25, -0.2) is 0 Å². The van der Waals surface area contributed by atoms with E-state index < -0.39 is 0 Å². The molecule has 0 aromatic heterocycles. The summed E-state index contributed by atoms with van der Waals surface area (Å²) in [4.78, 5) is 12.3. The first-order chi connectivity index (χ1) is 10.5. The van der Waals surface area contributed by atoms with Crippen LogP contribution in [-0.4, -0.2) is 53.0 Å². The van der Waals surface area contributed by atoms with Crippen LogP contribution in [0.3, 0.4) is 0 Å². The van der Waals surface area contributed by atoms with Gasteiger partial charge in [-0.3, -0.25) is 4.79 Å². The summed E-state index contributed by atoms with van der Waals surface area (Å²) in [5.41, 5.74) is 0.910. The molecule has 1 rings (SSSR count). The summed E-state index contributed by atoms with van der Waals surface area (Å²) in [5, 5.41) is 21.1. The molecule has 0 aliphatic carbocycles. The molecule has 1 aromatic rings. The Kier molecular flexibility index (Phi) is 7.09. The van der Waals surface area contributed by atoms with Crippen LogP contribution >= 0.6 is 11.8 Å². The lowest BCUT2D eigenvalue weighted by Crippen LogP contribution is -2.45. The predicted molar refractivity (Wildman–Crippen MR) is 89.3 cm³/mol. The number of carbonyl (C=O) groups excluding carboxylic acids is 1. The molecule has 0 saturated heterocycles. The highest BCUT2D eigenvalue weighted by Gasteiger charge is 2.20. The van der Waals surface area contributed by atoms with E-state index in [1.54, 1.807) is 24.3 Å². The number of ketones is 1. The third-order valence-corrected chi connectivity index (χ3v) is 4.89. The van der Waals surface area contributed by atoms with E-state index >= 15 is 0 Å². The van der Waals surface area contributed by atoms with Crippen molar-refractivity contribution in [2.24, 2.45) is 5.16 Å². The van der Waals surface area contributed by atoms with Gasteiger partial charge in [-0.05, 0) is 38.1 Å². The Balaban J connectivity index is 2.68. The zero-order valence-corrected chi connectivity index (χ0v) is 14.1. The standard InChI is InChI=1S/C16H21N3O2S/c1-4-19(3,5-2)10-11-22-16(18-21)15(20)14-8-6-13(12-17)7-9-14/h6-9H,4-5,10-11H2,1-3H3/p+1. The first kappa shape index (κ1) is 18.2. The van der Waals surface area contributed by atoms with Crippen molar-refractivity contribution in [2.75, 3.05) is 32.4 Å². The molecule has 1 N–H and O–H groups in total. The van der Waals surface area contributed by atoms with E-state index in [9.17, 15) is 4.79 Å². The summed E-state index contributed by atoms with van der Waals surface area (Å²) < 4.78 is 0.913. The predicted octanol–water partition coefficient (Wildman–Crippen LogP) is 2.75. The fourth-order valence-corrected chi connectivity index (χ4v) is 2.89. The number of hydrogen-bond acceptors (Lipinski definition) is 5. The number of benzene rings is 1. The maximum absolute atomic E-state index is 12.3. The van der Waals surface area contributed by atoms with Crippen LogP contribution in [-0.2, 0) is 0 Å². The smallest absolute Gasteiger partial charge is 0.221 e. The molecule has 0 heterocycles. The number of thioether (sulfide) groups is 1. The van der Waals surface area contributed by atoms with Gasteiger partial charge in [0, 0.05) is 11.3 Å². The van der Waals surface area contributed by atoms with Gasteiger partial charge in [0.05, 0.1) is 38.3 Å². The van der Waals surface area contributed by atoms with Crippen molar-refractivity contribution in [1.29, 1.82) is 5.26 Å². The molecular weight excluding hydrogens is 298 g/mol. The van der Waals surface area contributed by atoms with E-state index in [4.69, 9.17) is 10.5 Å². The maximum atomic E-state index is 12.3. The molecule has 0 unspecified atom stereocenters. The highest BCUT2D eigenvalue weighted by Crippen LogP contribution is 2.14. The van der Waals surface area contributed by atoms with Crippen LogP contribution in [0, 0.1) is 11.3 Å². The summed E-state index contributed by atoms with van der Waals surface area (Å²) in [6, 6.07) is 8.31. The minimum Gasteiger partial charge on any atom is -0.410 e. The van der Waals surface area contributed by atoms with Crippen LogP contribution in [0.2, 0.25) is 0 Å². The van der Waals surface area contributed by atoms with Crippen LogP contribution in [0.1, 0.15) is 29.8 Å². The summed E-state index contributed by atoms with van der Waals surface area (Å²) in [6.07, 6.45) is 0. The van der Waals surface area contributed by atoms with Crippen LogP contribution in [0.4, 0.5) is 0 Å². The van der Waals surface area contributed by atoms with Crippen molar-refractivity contribution >= 4 is 22.6 Å². The van der Waals surface area contributed by atoms with E-state index in [-0.39, 0.29) is 10.8 Å². The van der Waals surface area contributed by atoms with Crippen molar-refractivity contribution in [1.82, 2.24) is 0 Å². The zero-order valence-electron chi connectivity index (χ0n) is 13.2. The zero-order chi connectivity index (χ0) is 16.6. The Hall–Kier alpha value is -1.84. The summed E-state index contributed by atoms with van der Waals surface area (Å²) >= 11 is 1.26. The highest BCUT2D eigenvalue weighted by atomic mass is 32.2. The molecule has 0 spiro atoms. The van der Waals surface area contributed by atoms with Crippen LogP contribution < -0.4 is 0 Å². The van der Waals surface area contributed by atoms with Crippen molar-refractivity contribution in [3.8, 4) is 6.07 Å². The highest BCUT2D eigenvalue weighted by molar-refractivity contribution is 8.15. The lowest BCUT2D eigenvalue weighted by Gasteiger charge is -2.31. The molecule has 1 aromatic carbocycles. The number of quaternary nitrogens is 1. The summed E-state index contributed by atoms with van der Waals surface area (Å²) in [6.45, 7) is 7.21. The third kappa shape index (κ3) is 4.86. The van der Waals surface area contributed by atoms with Crippen molar-refractivity contribution < 1.29 is 14.5 Å². The number of nitrogens with zero attached hydrogens (tertiary/aromatic N) is 3. The molecule has 0 fully saturated rings. The first-order valence-corrected chi connectivity index (χ1v) is 8.21. The van der Waals surface area contributed by atoms with E-state index in [2.05, 4.69) is 26.1 Å². The second-order valence-corrected chi connectivity index (χ2v) is 6.33. The summed E-state index contributed by atoms with van der Waals surface area (Å²) in [7, 11) is 2.17. The van der Waals surface area contributed by atoms with Gasteiger partial charge < -0.3 is 9.69 Å². The molecule has 0 aliphatic heterocycles. The van der Waals surface area contributed by atoms with Crippen LogP contribution in [0.25, 0.3) is 0 Å². The molecule has 118 valence electrons. The molecule has 0 aliphatic rings. The molecule has 5 nitrogen and oxygen atoms in total. The Morgan fingerprint density at radius 1 is 1.32 bits per heavy atom. The van der Waals surface area contributed by atoms with Gasteiger partial charge >= 0.3 is 0 Å². The average Bonchev–Trinajstić information content (AvgIpc) is 2.58. The molecule has 0 atom stereocenters. The molecule has 6 heteroatoms. The third-order valence-electron chi connectivity index (χ3n) is 3.96. The average molecular weight is 320 g/mol. The Labute approximate surface area is 135 Å². The van der Waals surface area contributed by atoms with E-state index in [0.29, 0.717) is 16.9 Å². The Morgan fingerprint density at radius 3 is 2.36 bits per heavy atom. The largest absolute Gasteiger partial charge is 0.410 e. The molecular formula is C16H22N3O2S+. The van der Waals surface area contributed by atoms with Crippen molar-refractivity contribution in [3.05, 3.63) is 35.4 Å². The van der Waals surface area contributed by atoms with Gasteiger partial charge in [-0.15, -0.1) is 0 Å². The second kappa shape index (κ2) is 8.57. The number of rotatable bonds is 7. The van der Waals surface area contributed by atoms with Gasteiger partial charge in [-0.2, -0.15) is 5.26 Å². The minimum absolute atomic E-state index is 0.0865. The number of oxime groups is 1. The van der Waals surface area contributed by atoms with Gasteiger partial charge in [0.15, 0.2) is 5.04 Å². The van der Waals surface area contributed by atoms with Crippen LogP contribution in [0.15, 0.2) is 29.4 Å². The maximum Gasteiger partial charge on any atom is 0.221 e. The first-order valence-electron chi connectivity index (χ1n) is 7.23. The monoisotopic (exact) mass is 320 g/mol. The van der Waals surface area contributed by atoms with Crippen molar-refractivity contribution in [2.45, 2.75) is 13.8 Å². The molecule has 22 heavy (non-hydrogen) atoms. The fourth-order valence-electron chi connectivity index (χ4n) is 1.86. The fraction of sp³-hybridized carbons (Fsp3) is 0.438. The molecule has 0 saturated carbocycles. The molecule has 0 amide bonds. The van der Waals surface area contributed by atoms with E-state index in [1.807, 2.05) is 6.07 Å². The van der Waals surface area contributed by atoms with Gasteiger partial charge in [0.25, 0.3) is 0 Å². The number of Topliss-reactive ketones (excluding diaryl/α,β-unsaturated/α-hetero) is 1. The SMILES string of the molecule is CC[N+](C)(CC)CCS/C(=N\O)C(=O)c1ccc(C#N)cc1. The number of nitriles is 1. The van der Waals surface area contributed by atoms with Gasteiger partial charge in [0.2, 0.25) is 5.78 Å². The Morgan fingerprint density at radius 2 is 1.91 bits per heavy atom. The minimum atomic E-state index is -0.320. The lowest BCUT2D eigenvalue weighted by atomic mass is 10.1. The molecule has 0 radical (unpaired) electrons. The topological polar surface area (TPSA) is 73.5 Å². The summed E-state index contributed by atoms with van der Waals surface area (Å²) in [5.74, 6) is 0.388. The van der Waals surface area contributed by atoms with E-state index in [1.165, 1.54) is 11.8 Å². The van der Waals surface area contributed by atoms with Crippen LogP contribution in [0.5, 0.6) is 0 Å². The number of carbonyl (C=O) groups is 1. The Bertz CT molecular complexity index is 572. The second-order valence-electron chi connectivity index (χ2n) is 5.25. The normalized spacial score (nSPS) is 12.0. The number of hydrogen-bond donors (Lipinski definition) is 1. The van der Waals surface area contributed by atoms with Crippen molar-refractivity contribution in [3.63, 3.8) is 0 Å². The van der Waals surface area contributed by atoms with Gasteiger partial charge in [0.1, 0.15) is 0 Å². The van der Waals surface area contributed by atoms with E-state index in [0.717, 1.165) is 24.1 Å². The quantitative estimate of drug-likeness (QED) is 0.209. The lowest BCUT2D eigenvalue weighted by molar-refractivity contribution is -0.903. The molecule has 0 bridgehead atoms.